The Morgan fingerprint density at radius 2 is 2.12 bits per heavy atom. The second kappa shape index (κ2) is 8.39. The van der Waals surface area contributed by atoms with E-state index in [0.717, 1.165) is 22.0 Å². The van der Waals surface area contributed by atoms with Crippen LogP contribution in [0.4, 0.5) is 4.79 Å². The van der Waals surface area contributed by atoms with Crippen LogP contribution in [-0.2, 0) is 19.6 Å². The number of rotatable bonds is 7. The predicted octanol–water partition coefficient (Wildman–Crippen LogP) is 4.26. The highest BCUT2D eigenvalue weighted by atomic mass is 32.1. The van der Waals surface area contributed by atoms with Gasteiger partial charge in [-0.2, -0.15) is 0 Å². The lowest BCUT2D eigenvalue weighted by atomic mass is 10.2. The fourth-order valence-electron chi connectivity index (χ4n) is 2.45. The first-order chi connectivity index (χ1) is 12.2. The Hall–Kier alpha value is -2.73. The topological polar surface area (TPSA) is 54.7 Å². The molecule has 2 amide bonds. The van der Waals surface area contributed by atoms with Gasteiger partial charge in [-0.1, -0.05) is 18.2 Å². The second-order valence-corrected chi connectivity index (χ2v) is 6.56. The number of hydrogen-bond acceptors (Lipinski definition) is 4. The number of hydrogen-bond donors (Lipinski definition) is 1. The van der Waals surface area contributed by atoms with E-state index in [1.165, 1.54) is 0 Å². The van der Waals surface area contributed by atoms with E-state index in [1.54, 1.807) is 29.6 Å². The summed E-state index contributed by atoms with van der Waals surface area (Å²) in [6.07, 6.45) is 1.62. The number of thiophene rings is 1. The van der Waals surface area contributed by atoms with E-state index in [0.29, 0.717) is 19.6 Å². The Morgan fingerprint density at radius 3 is 2.84 bits per heavy atom. The molecule has 0 spiro atoms. The van der Waals surface area contributed by atoms with E-state index in [9.17, 15) is 4.79 Å². The van der Waals surface area contributed by atoms with Gasteiger partial charge in [-0.15, -0.1) is 11.3 Å². The monoisotopic (exact) mass is 356 g/mol. The van der Waals surface area contributed by atoms with Crippen LogP contribution >= 0.6 is 11.3 Å². The average molecular weight is 356 g/mol. The molecule has 0 saturated carbocycles. The summed E-state index contributed by atoms with van der Waals surface area (Å²) < 4.78 is 10.6. The van der Waals surface area contributed by atoms with Gasteiger partial charge in [0, 0.05) is 11.4 Å². The fourth-order valence-corrected chi connectivity index (χ4v) is 3.17. The maximum atomic E-state index is 12.7. The Balaban J connectivity index is 1.65. The van der Waals surface area contributed by atoms with Gasteiger partial charge in [0.25, 0.3) is 0 Å². The number of nitrogens with zero attached hydrogens (tertiary/aromatic N) is 1. The molecule has 3 rings (SSSR count). The van der Waals surface area contributed by atoms with Crippen LogP contribution in [0.5, 0.6) is 5.75 Å². The zero-order valence-corrected chi connectivity index (χ0v) is 14.8. The van der Waals surface area contributed by atoms with Crippen molar-refractivity contribution in [3.63, 3.8) is 0 Å². The van der Waals surface area contributed by atoms with Gasteiger partial charge in [0.05, 0.1) is 26.5 Å². The second-order valence-electron chi connectivity index (χ2n) is 5.53. The quantitative estimate of drug-likeness (QED) is 0.688. The molecule has 2 heterocycles. The fraction of sp³-hybridized carbons (Fsp3) is 0.211. The zero-order chi connectivity index (χ0) is 17.5. The first kappa shape index (κ1) is 17.1. The van der Waals surface area contributed by atoms with Crippen molar-refractivity contribution in [2.45, 2.75) is 19.6 Å². The molecule has 2 aromatic heterocycles. The van der Waals surface area contributed by atoms with E-state index >= 15 is 0 Å². The van der Waals surface area contributed by atoms with E-state index in [2.05, 4.69) is 5.32 Å². The molecule has 6 heteroatoms. The minimum Gasteiger partial charge on any atom is -0.497 e. The molecule has 1 aromatic carbocycles. The molecular formula is C19H20N2O3S. The van der Waals surface area contributed by atoms with E-state index in [1.807, 2.05) is 53.9 Å². The Morgan fingerprint density at radius 1 is 1.20 bits per heavy atom. The number of carbonyl (C=O) groups is 1. The first-order valence-electron chi connectivity index (χ1n) is 7.95. The lowest BCUT2D eigenvalue weighted by Gasteiger charge is -2.21. The van der Waals surface area contributed by atoms with Crippen molar-refractivity contribution in [1.29, 1.82) is 0 Å². The molecule has 0 aliphatic carbocycles. The zero-order valence-electron chi connectivity index (χ0n) is 14.0. The molecule has 0 aliphatic rings. The molecule has 3 aromatic rings. The summed E-state index contributed by atoms with van der Waals surface area (Å²) in [5.74, 6) is 1.53. The normalized spacial score (nSPS) is 10.4. The Labute approximate surface area is 150 Å². The number of urea groups is 1. The molecule has 1 N–H and O–H groups in total. The highest BCUT2D eigenvalue weighted by Gasteiger charge is 2.16. The highest BCUT2D eigenvalue weighted by Crippen LogP contribution is 2.16. The lowest BCUT2D eigenvalue weighted by Crippen LogP contribution is -2.38. The summed E-state index contributed by atoms with van der Waals surface area (Å²) >= 11 is 1.63. The Bertz CT molecular complexity index is 749. The number of carbonyl (C=O) groups excluding carboxylic acids is 1. The summed E-state index contributed by atoms with van der Waals surface area (Å²) in [4.78, 5) is 15.5. The van der Waals surface area contributed by atoms with E-state index in [-0.39, 0.29) is 6.03 Å². The van der Waals surface area contributed by atoms with Crippen molar-refractivity contribution in [3.8, 4) is 5.75 Å². The average Bonchev–Trinajstić information content (AvgIpc) is 3.33. The molecule has 0 aliphatic heterocycles. The van der Waals surface area contributed by atoms with Crippen LogP contribution in [0, 0.1) is 0 Å². The number of methoxy groups -OCH3 is 1. The Kier molecular flexibility index (Phi) is 5.74. The molecule has 130 valence electrons. The maximum Gasteiger partial charge on any atom is 0.318 e. The molecular weight excluding hydrogens is 336 g/mol. The predicted molar refractivity (Wildman–Crippen MR) is 97.5 cm³/mol. The molecule has 0 atom stereocenters. The van der Waals surface area contributed by atoms with Crippen LogP contribution in [0.1, 0.15) is 16.2 Å². The molecule has 25 heavy (non-hydrogen) atoms. The number of amides is 2. The van der Waals surface area contributed by atoms with Crippen LogP contribution in [-0.4, -0.2) is 18.0 Å². The third-order valence-electron chi connectivity index (χ3n) is 3.72. The maximum absolute atomic E-state index is 12.7. The van der Waals surface area contributed by atoms with Gasteiger partial charge in [0.15, 0.2) is 0 Å². The van der Waals surface area contributed by atoms with Gasteiger partial charge < -0.3 is 19.4 Å². The van der Waals surface area contributed by atoms with Crippen LogP contribution in [0.25, 0.3) is 0 Å². The smallest absolute Gasteiger partial charge is 0.318 e. The highest BCUT2D eigenvalue weighted by molar-refractivity contribution is 7.09. The summed E-state index contributed by atoms with van der Waals surface area (Å²) in [5.41, 5.74) is 0.988. The minimum absolute atomic E-state index is 0.132. The number of furan rings is 1. The van der Waals surface area contributed by atoms with Crippen molar-refractivity contribution < 1.29 is 13.9 Å². The van der Waals surface area contributed by atoms with Gasteiger partial charge in [0.2, 0.25) is 0 Å². The first-order valence-corrected chi connectivity index (χ1v) is 8.83. The third kappa shape index (κ3) is 4.87. The largest absolute Gasteiger partial charge is 0.497 e. The molecule has 0 fully saturated rings. The number of benzene rings is 1. The molecule has 5 nitrogen and oxygen atoms in total. The third-order valence-corrected chi connectivity index (χ3v) is 4.58. The van der Waals surface area contributed by atoms with Gasteiger partial charge >= 0.3 is 6.03 Å². The summed E-state index contributed by atoms with van der Waals surface area (Å²) in [6, 6.07) is 15.2. The standard InChI is InChI=1S/C19H20N2O3S/c1-23-16-6-2-5-15(11-16)12-20-19(22)21(13-17-7-3-9-24-17)14-18-8-4-10-25-18/h2-11H,12-14H2,1H3,(H,20,22). The summed E-state index contributed by atoms with van der Waals surface area (Å²) in [7, 11) is 1.63. The summed E-state index contributed by atoms with van der Waals surface area (Å²) in [5, 5.41) is 4.98. The van der Waals surface area contributed by atoms with Gasteiger partial charge in [-0.25, -0.2) is 4.79 Å². The number of ether oxygens (including phenoxy) is 1. The van der Waals surface area contributed by atoms with Crippen LogP contribution in [0.2, 0.25) is 0 Å². The van der Waals surface area contributed by atoms with Crippen molar-refractivity contribution >= 4 is 17.4 Å². The SMILES string of the molecule is COc1cccc(CNC(=O)N(Cc2ccco2)Cc2cccs2)c1. The molecule has 0 bridgehead atoms. The summed E-state index contributed by atoms with van der Waals surface area (Å²) in [6.45, 7) is 1.41. The lowest BCUT2D eigenvalue weighted by molar-refractivity contribution is 0.187. The van der Waals surface area contributed by atoms with Crippen molar-refractivity contribution in [2.75, 3.05) is 7.11 Å². The molecule has 0 saturated heterocycles. The van der Waals surface area contributed by atoms with Gasteiger partial charge in [-0.3, -0.25) is 0 Å². The van der Waals surface area contributed by atoms with E-state index < -0.39 is 0 Å². The van der Waals surface area contributed by atoms with Crippen molar-refractivity contribution in [1.82, 2.24) is 10.2 Å². The van der Waals surface area contributed by atoms with Crippen molar-refractivity contribution in [2.24, 2.45) is 0 Å². The van der Waals surface area contributed by atoms with Gasteiger partial charge in [-0.05, 0) is 41.3 Å². The van der Waals surface area contributed by atoms with Crippen LogP contribution < -0.4 is 10.1 Å². The minimum atomic E-state index is -0.132. The molecule has 0 unspecified atom stereocenters. The van der Waals surface area contributed by atoms with Crippen LogP contribution in [0.3, 0.4) is 0 Å². The van der Waals surface area contributed by atoms with Crippen molar-refractivity contribution in [3.05, 3.63) is 76.4 Å². The van der Waals surface area contributed by atoms with E-state index in [4.69, 9.17) is 9.15 Å². The molecule has 0 radical (unpaired) electrons. The van der Waals surface area contributed by atoms with Crippen LogP contribution in [0.15, 0.2) is 64.6 Å². The van der Waals surface area contributed by atoms with Gasteiger partial charge in [0.1, 0.15) is 11.5 Å². The number of nitrogens with one attached hydrogen (secondary N) is 1.